The van der Waals surface area contributed by atoms with Gasteiger partial charge in [0.05, 0.1) is 0 Å². The van der Waals surface area contributed by atoms with Crippen molar-refractivity contribution in [2.75, 3.05) is 13.1 Å². The molecule has 1 saturated heterocycles. The first kappa shape index (κ1) is 19.3. The van der Waals surface area contributed by atoms with E-state index in [1.165, 1.54) is 12.1 Å². The molecular formula is C17H22ClFN4O2. The Labute approximate surface area is 152 Å². The van der Waals surface area contributed by atoms with E-state index in [1.807, 2.05) is 4.90 Å². The number of rotatable bonds is 6. The average molecular weight is 369 g/mol. The summed E-state index contributed by atoms with van der Waals surface area (Å²) in [6.45, 7) is 1.33. The van der Waals surface area contributed by atoms with Crippen molar-refractivity contribution in [1.82, 2.24) is 15.0 Å². The van der Waals surface area contributed by atoms with Crippen LogP contribution in [0.3, 0.4) is 0 Å². The summed E-state index contributed by atoms with van der Waals surface area (Å²) in [5.41, 5.74) is 6.40. The van der Waals surface area contributed by atoms with Crippen molar-refractivity contribution in [3.8, 4) is 11.4 Å². The van der Waals surface area contributed by atoms with Crippen LogP contribution in [0.25, 0.3) is 11.4 Å². The summed E-state index contributed by atoms with van der Waals surface area (Å²) in [7, 11) is 0. The molecule has 1 unspecified atom stereocenters. The van der Waals surface area contributed by atoms with E-state index < -0.39 is 0 Å². The molecule has 1 fully saturated rings. The minimum absolute atomic E-state index is 0. The lowest BCUT2D eigenvalue weighted by molar-refractivity contribution is -0.131. The van der Waals surface area contributed by atoms with Crippen LogP contribution < -0.4 is 5.73 Å². The molecule has 1 amide bonds. The van der Waals surface area contributed by atoms with Gasteiger partial charge in [-0.25, -0.2) is 4.39 Å². The van der Waals surface area contributed by atoms with Crippen molar-refractivity contribution < 1.29 is 13.7 Å². The molecule has 1 aliphatic heterocycles. The molecule has 1 aromatic carbocycles. The van der Waals surface area contributed by atoms with Crippen LogP contribution in [0, 0.1) is 5.82 Å². The first-order valence-corrected chi connectivity index (χ1v) is 8.25. The molecule has 6 nitrogen and oxygen atoms in total. The first-order valence-electron chi connectivity index (χ1n) is 8.25. The molecule has 0 radical (unpaired) electrons. The zero-order valence-corrected chi connectivity index (χ0v) is 14.7. The van der Waals surface area contributed by atoms with E-state index >= 15 is 0 Å². The number of carbonyl (C=O) groups excluding carboxylic acids is 1. The molecule has 0 spiro atoms. The van der Waals surface area contributed by atoms with E-state index in [-0.39, 0.29) is 30.2 Å². The first-order chi connectivity index (χ1) is 11.7. The second-order valence-corrected chi connectivity index (χ2v) is 5.99. The Bertz CT molecular complexity index is 692. The number of amides is 1. The molecule has 25 heavy (non-hydrogen) atoms. The maximum atomic E-state index is 12.9. The zero-order valence-electron chi connectivity index (χ0n) is 13.9. The third-order valence-corrected chi connectivity index (χ3v) is 4.32. The molecule has 1 aromatic heterocycles. The van der Waals surface area contributed by atoms with Crippen molar-refractivity contribution in [2.24, 2.45) is 5.73 Å². The normalized spacial score (nSPS) is 16.7. The summed E-state index contributed by atoms with van der Waals surface area (Å²) >= 11 is 0. The van der Waals surface area contributed by atoms with E-state index in [0.717, 1.165) is 19.4 Å². The molecule has 2 N–H and O–H groups in total. The molecule has 0 saturated carbocycles. The minimum Gasteiger partial charge on any atom is -0.339 e. The van der Waals surface area contributed by atoms with Crippen LogP contribution in [-0.2, 0) is 11.2 Å². The second kappa shape index (κ2) is 8.92. The van der Waals surface area contributed by atoms with Gasteiger partial charge in [0.1, 0.15) is 5.82 Å². The predicted molar refractivity (Wildman–Crippen MR) is 93.7 cm³/mol. The third-order valence-electron chi connectivity index (χ3n) is 4.32. The number of hydrogen-bond acceptors (Lipinski definition) is 5. The van der Waals surface area contributed by atoms with Gasteiger partial charge in [-0.2, -0.15) is 4.98 Å². The van der Waals surface area contributed by atoms with E-state index in [0.29, 0.717) is 43.1 Å². The lowest BCUT2D eigenvalue weighted by Crippen LogP contribution is -2.39. The van der Waals surface area contributed by atoms with Gasteiger partial charge < -0.3 is 15.2 Å². The lowest BCUT2D eigenvalue weighted by Gasteiger charge is -2.23. The standard InChI is InChI=1S/C17H21FN4O2.ClH/c18-13-8-6-12(7-9-13)17-20-15(24-21-17)4-1-5-16(23)22-10-2-3-14(22)11-19;/h6-9,14H,1-5,10-11,19H2;1H. The van der Waals surface area contributed by atoms with Crippen molar-refractivity contribution in [1.29, 1.82) is 0 Å². The van der Waals surface area contributed by atoms with Gasteiger partial charge in [-0.3, -0.25) is 4.79 Å². The zero-order chi connectivity index (χ0) is 16.9. The monoisotopic (exact) mass is 368 g/mol. The van der Waals surface area contributed by atoms with Gasteiger partial charge in [0.15, 0.2) is 0 Å². The molecule has 0 aliphatic carbocycles. The SMILES string of the molecule is Cl.NCC1CCCN1C(=O)CCCc1nc(-c2ccc(F)cc2)no1. The highest BCUT2D eigenvalue weighted by atomic mass is 35.5. The highest BCUT2D eigenvalue weighted by molar-refractivity contribution is 5.85. The van der Waals surface area contributed by atoms with E-state index in [9.17, 15) is 9.18 Å². The van der Waals surface area contributed by atoms with Crippen LogP contribution in [0.5, 0.6) is 0 Å². The van der Waals surface area contributed by atoms with E-state index in [2.05, 4.69) is 10.1 Å². The smallest absolute Gasteiger partial charge is 0.226 e. The Kier molecular flexibility index (Phi) is 6.90. The van der Waals surface area contributed by atoms with Crippen LogP contribution in [0.2, 0.25) is 0 Å². The Morgan fingerprint density at radius 2 is 2.12 bits per heavy atom. The van der Waals surface area contributed by atoms with Crippen LogP contribution in [0.15, 0.2) is 28.8 Å². The molecule has 0 bridgehead atoms. The number of nitrogens with zero attached hydrogens (tertiary/aromatic N) is 3. The largest absolute Gasteiger partial charge is 0.339 e. The van der Waals surface area contributed by atoms with Gasteiger partial charge in [0, 0.05) is 37.5 Å². The van der Waals surface area contributed by atoms with Crippen molar-refractivity contribution in [3.05, 3.63) is 36.0 Å². The molecule has 1 aliphatic rings. The Morgan fingerprint density at radius 1 is 1.36 bits per heavy atom. The van der Waals surface area contributed by atoms with Gasteiger partial charge >= 0.3 is 0 Å². The molecule has 136 valence electrons. The summed E-state index contributed by atoms with van der Waals surface area (Å²) < 4.78 is 18.1. The molecular weight excluding hydrogens is 347 g/mol. The maximum Gasteiger partial charge on any atom is 0.226 e. The summed E-state index contributed by atoms with van der Waals surface area (Å²) in [6.07, 6.45) is 3.66. The summed E-state index contributed by atoms with van der Waals surface area (Å²) in [4.78, 5) is 18.4. The van der Waals surface area contributed by atoms with Gasteiger partial charge in [0.2, 0.25) is 17.6 Å². The molecule has 1 atom stereocenters. The maximum absolute atomic E-state index is 12.9. The number of likely N-dealkylation sites (tertiary alicyclic amines) is 1. The number of halogens is 2. The van der Waals surface area contributed by atoms with Gasteiger partial charge in [-0.1, -0.05) is 5.16 Å². The number of hydrogen-bond donors (Lipinski definition) is 1. The fourth-order valence-electron chi connectivity index (χ4n) is 3.02. The van der Waals surface area contributed by atoms with Gasteiger partial charge in [0.25, 0.3) is 0 Å². The summed E-state index contributed by atoms with van der Waals surface area (Å²) in [5, 5.41) is 3.90. The fraction of sp³-hybridized carbons (Fsp3) is 0.471. The number of benzene rings is 1. The van der Waals surface area contributed by atoms with Crippen molar-refractivity contribution in [3.63, 3.8) is 0 Å². The van der Waals surface area contributed by atoms with Crippen molar-refractivity contribution >= 4 is 18.3 Å². The van der Waals surface area contributed by atoms with E-state index in [4.69, 9.17) is 10.3 Å². The Balaban J connectivity index is 0.00000225. The number of aryl methyl sites for hydroxylation is 1. The summed E-state index contributed by atoms with van der Waals surface area (Å²) in [5.74, 6) is 0.748. The highest BCUT2D eigenvalue weighted by Crippen LogP contribution is 2.19. The minimum atomic E-state index is -0.307. The van der Waals surface area contributed by atoms with Gasteiger partial charge in [-0.15, -0.1) is 12.4 Å². The van der Waals surface area contributed by atoms with Crippen LogP contribution in [0.4, 0.5) is 4.39 Å². The quantitative estimate of drug-likeness (QED) is 0.846. The van der Waals surface area contributed by atoms with Crippen LogP contribution >= 0.6 is 12.4 Å². The Hall–Kier alpha value is -1.99. The molecule has 8 heteroatoms. The van der Waals surface area contributed by atoms with Crippen LogP contribution in [-0.4, -0.2) is 40.1 Å². The third kappa shape index (κ3) is 4.76. The molecule has 2 aromatic rings. The number of nitrogens with two attached hydrogens (primary N) is 1. The number of carbonyl (C=O) groups is 1. The summed E-state index contributed by atoms with van der Waals surface area (Å²) in [6, 6.07) is 6.11. The highest BCUT2D eigenvalue weighted by Gasteiger charge is 2.26. The Morgan fingerprint density at radius 3 is 2.84 bits per heavy atom. The van der Waals surface area contributed by atoms with Gasteiger partial charge in [-0.05, 0) is 43.5 Å². The van der Waals surface area contributed by atoms with Crippen LogP contribution in [0.1, 0.15) is 31.6 Å². The van der Waals surface area contributed by atoms with E-state index in [1.54, 1.807) is 12.1 Å². The molecule has 2 heterocycles. The average Bonchev–Trinajstić information content (AvgIpc) is 3.24. The number of aromatic nitrogens is 2. The predicted octanol–water partition coefficient (Wildman–Crippen LogP) is 2.57. The molecule has 3 rings (SSSR count). The van der Waals surface area contributed by atoms with Crippen molar-refractivity contribution in [2.45, 2.75) is 38.1 Å². The lowest BCUT2D eigenvalue weighted by atomic mass is 10.2. The second-order valence-electron chi connectivity index (χ2n) is 5.99. The fourth-order valence-corrected chi connectivity index (χ4v) is 3.02. The topological polar surface area (TPSA) is 85.2 Å².